The molecule has 0 unspecified atom stereocenters. The number of hydrogen-bond acceptors (Lipinski definition) is 2. The van der Waals surface area contributed by atoms with Crippen LogP contribution in [-0.2, 0) is 0 Å². The summed E-state index contributed by atoms with van der Waals surface area (Å²) in [5.41, 5.74) is 1.18. The van der Waals surface area contributed by atoms with Gasteiger partial charge >= 0.3 is 0 Å². The molecule has 2 nitrogen and oxygen atoms in total. The van der Waals surface area contributed by atoms with Gasteiger partial charge in [-0.15, -0.1) is 0 Å². The fraction of sp³-hybridized carbons (Fsp3) is 0.111. The molecule has 0 spiro atoms. The molecule has 1 N–H and O–H groups in total. The smallest absolute Gasteiger partial charge is 0.147 e. The number of halogens is 1. The summed E-state index contributed by atoms with van der Waals surface area (Å²) in [6.45, 7) is 0. The maximum absolute atomic E-state index is 13.1. The lowest BCUT2D eigenvalue weighted by atomic mass is 10.2. The average molecular weight is 165 g/mol. The highest BCUT2D eigenvalue weighted by atomic mass is 19.1. The number of fused-ring (bicyclic) bond motifs is 1. The molecule has 1 aromatic carbocycles. The highest BCUT2D eigenvalue weighted by Gasteiger charge is 2.06. The van der Waals surface area contributed by atoms with Gasteiger partial charge < -0.3 is 9.73 Å². The van der Waals surface area contributed by atoms with Gasteiger partial charge in [0.25, 0.3) is 0 Å². The van der Waals surface area contributed by atoms with Gasteiger partial charge in [-0.05, 0) is 18.2 Å². The Hall–Kier alpha value is -1.51. The summed E-state index contributed by atoms with van der Waals surface area (Å²) >= 11 is 0. The van der Waals surface area contributed by atoms with Crippen LogP contribution in [0.2, 0.25) is 0 Å². The van der Waals surface area contributed by atoms with Crippen LogP contribution in [0, 0.1) is 5.82 Å². The zero-order valence-corrected chi connectivity index (χ0v) is 6.60. The van der Waals surface area contributed by atoms with E-state index in [9.17, 15) is 4.39 Å². The first-order valence-corrected chi connectivity index (χ1v) is 3.66. The molecule has 2 aromatic rings. The summed E-state index contributed by atoms with van der Waals surface area (Å²) in [7, 11) is 1.69. The number of anilines is 1. The summed E-state index contributed by atoms with van der Waals surface area (Å²) in [4.78, 5) is 0. The lowest BCUT2D eigenvalue weighted by molar-refractivity contribution is 0.610. The van der Waals surface area contributed by atoms with Crippen LogP contribution in [-0.4, -0.2) is 7.05 Å². The van der Waals surface area contributed by atoms with E-state index in [1.54, 1.807) is 25.4 Å². The Morgan fingerprint density at radius 2 is 2.17 bits per heavy atom. The molecule has 3 heteroatoms. The number of hydrogen-bond donors (Lipinski definition) is 1. The molecule has 2 rings (SSSR count). The first-order chi connectivity index (χ1) is 5.83. The third-order valence-corrected chi connectivity index (χ3v) is 1.83. The molecule has 0 saturated carbocycles. The van der Waals surface area contributed by atoms with E-state index in [2.05, 4.69) is 5.32 Å². The van der Waals surface area contributed by atoms with Gasteiger partial charge in [-0.3, -0.25) is 0 Å². The molecule has 0 aliphatic carbocycles. The van der Waals surface area contributed by atoms with Crippen molar-refractivity contribution in [3.63, 3.8) is 0 Å². The fourth-order valence-electron chi connectivity index (χ4n) is 1.27. The minimum absolute atomic E-state index is 0.258. The van der Waals surface area contributed by atoms with E-state index < -0.39 is 0 Å². The van der Waals surface area contributed by atoms with Crippen LogP contribution in [0.15, 0.2) is 28.9 Å². The lowest BCUT2D eigenvalue weighted by Crippen LogP contribution is -1.91. The molecule has 0 bridgehead atoms. The van der Waals surface area contributed by atoms with E-state index in [1.165, 1.54) is 6.07 Å². The summed E-state index contributed by atoms with van der Waals surface area (Å²) in [6, 6.07) is 4.74. The number of rotatable bonds is 1. The molecular formula is C9H8FNO. The fourth-order valence-corrected chi connectivity index (χ4v) is 1.27. The van der Waals surface area contributed by atoms with Gasteiger partial charge in [0.1, 0.15) is 11.4 Å². The Balaban J connectivity index is 2.83. The van der Waals surface area contributed by atoms with E-state index in [-0.39, 0.29) is 5.82 Å². The van der Waals surface area contributed by atoms with Gasteiger partial charge in [0.2, 0.25) is 0 Å². The van der Waals surface area contributed by atoms with Gasteiger partial charge in [0.15, 0.2) is 0 Å². The topological polar surface area (TPSA) is 25.2 Å². The van der Waals surface area contributed by atoms with Crippen molar-refractivity contribution in [3.05, 3.63) is 30.3 Å². The highest BCUT2D eigenvalue weighted by Crippen LogP contribution is 2.26. The quantitative estimate of drug-likeness (QED) is 0.702. The van der Waals surface area contributed by atoms with Gasteiger partial charge in [0, 0.05) is 12.4 Å². The first kappa shape index (κ1) is 7.16. The molecule has 0 amide bonds. The average Bonchev–Trinajstić information content (AvgIpc) is 2.52. The lowest BCUT2D eigenvalue weighted by Gasteiger charge is -2.01. The van der Waals surface area contributed by atoms with Crippen molar-refractivity contribution in [2.75, 3.05) is 12.4 Å². The minimum Gasteiger partial charge on any atom is -0.464 e. The molecule has 0 aliphatic heterocycles. The Morgan fingerprint density at radius 3 is 2.92 bits per heavy atom. The molecule has 0 fully saturated rings. The van der Waals surface area contributed by atoms with Crippen LogP contribution < -0.4 is 5.32 Å². The zero-order valence-electron chi connectivity index (χ0n) is 6.60. The standard InChI is InChI=1S/C9H8FNO/c1-11-9-6-4-5-12-8(6)3-2-7(9)10/h2-5,11H,1H3. The Labute approximate surface area is 69.0 Å². The summed E-state index contributed by atoms with van der Waals surface area (Å²) in [5.74, 6) is -0.258. The number of benzene rings is 1. The third-order valence-electron chi connectivity index (χ3n) is 1.83. The number of furan rings is 1. The van der Waals surface area contributed by atoms with Crippen LogP contribution in [0.4, 0.5) is 10.1 Å². The molecule has 0 aliphatic rings. The van der Waals surface area contributed by atoms with E-state index in [0.29, 0.717) is 11.3 Å². The van der Waals surface area contributed by atoms with Crippen molar-refractivity contribution in [2.45, 2.75) is 0 Å². The van der Waals surface area contributed by atoms with E-state index in [4.69, 9.17) is 4.42 Å². The maximum Gasteiger partial charge on any atom is 0.147 e. The second kappa shape index (κ2) is 2.52. The van der Waals surface area contributed by atoms with Crippen molar-refractivity contribution in [3.8, 4) is 0 Å². The molecule has 12 heavy (non-hydrogen) atoms. The zero-order chi connectivity index (χ0) is 8.55. The Bertz CT molecular complexity index is 408. The molecule has 1 aromatic heterocycles. The van der Waals surface area contributed by atoms with E-state index in [0.717, 1.165) is 5.39 Å². The van der Waals surface area contributed by atoms with Crippen LogP contribution >= 0.6 is 0 Å². The normalized spacial score (nSPS) is 10.5. The SMILES string of the molecule is CNc1c(F)ccc2occc12. The predicted molar refractivity (Wildman–Crippen MR) is 45.7 cm³/mol. The minimum atomic E-state index is -0.258. The molecular weight excluding hydrogens is 157 g/mol. The van der Waals surface area contributed by atoms with Gasteiger partial charge in [0.05, 0.1) is 12.0 Å². The van der Waals surface area contributed by atoms with Crippen molar-refractivity contribution < 1.29 is 8.81 Å². The van der Waals surface area contributed by atoms with Crippen molar-refractivity contribution in [1.29, 1.82) is 0 Å². The number of nitrogens with one attached hydrogen (secondary N) is 1. The van der Waals surface area contributed by atoms with Gasteiger partial charge in [-0.25, -0.2) is 4.39 Å². The van der Waals surface area contributed by atoms with Crippen LogP contribution in [0.25, 0.3) is 11.0 Å². The largest absolute Gasteiger partial charge is 0.464 e. The maximum atomic E-state index is 13.1. The van der Waals surface area contributed by atoms with Gasteiger partial charge in [-0.2, -0.15) is 0 Å². The second-order valence-electron chi connectivity index (χ2n) is 2.50. The van der Waals surface area contributed by atoms with Crippen molar-refractivity contribution in [2.24, 2.45) is 0 Å². The van der Waals surface area contributed by atoms with E-state index in [1.807, 2.05) is 0 Å². The predicted octanol–water partition coefficient (Wildman–Crippen LogP) is 2.61. The highest BCUT2D eigenvalue weighted by molar-refractivity contribution is 5.90. The molecule has 0 radical (unpaired) electrons. The van der Waals surface area contributed by atoms with Gasteiger partial charge in [-0.1, -0.05) is 0 Å². The third kappa shape index (κ3) is 0.863. The van der Waals surface area contributed by atoms with Crippen LogP contribution in [0.5, 0.6) is 0 Å². The summed E-state index contributed by atoms with van der Waals surface area (Å²) in [6.07, 6.45) is 1.55. The van der Waals surface area contributed by atoms with Crippen molar-refractivity contribution >= 4 is 16.7 Å². The molecule has 0 atom stereocenters. The second-order valence-corrected chi connectivity index (χ2v) is 2.50. The molecule has 0 saturated heterocycles. The van der Waals surface area contributed by atoms with Crippen LogP contribution in [0.3, 0.4) is 0 Å². The first-order valence-electron chi connectivity index (χ1n) is 3.66. The van der Waals surface area contributed by atoms with Crippen molar-refractivity contribution in [1.82, 2.24) is 0 Å². The Kier molecular flexibility index (Phi) is 1.50. The van der Waals surface area contributed by atoms with E-state index >= 15 is 0 Å². The monoisotopic (exact) mass is 165 g/mol. The summed E-state index contributed by atoms with van der Waals surface area (Å²) in [5, 5.41) is 3.56. The Morgan fingerprint density at radius 1 is 1.33 bits per heavy atom. The summed E-state index contributed by atoms with van der Waals surface area (Å²) < 4.78 is 18.2. The van der Waals surface area contributed by atoms with Crippen LogP contribution in [0.1, 0.15) is 0 Å². The molecule has 62 valence electrons. The molecule has 1 heterocycles.